The topological polar surface area (TPSA) is 89.6 Å². The summed E-state index contributed by atoms with van der Waals surface area (Å²) in [6.45, 7) is 2.03. The molecule has 158 valence electrons. The average molecular weight is 415 g/mol. The molecule has 0 radical (unpaired) electrons. The average Bonchev–Trinajstić information content (AvgIpc) is 3.06. The van der Waals surface area contributed by atoms with Gasteiger partial charge < -0.3 is 15.6 Å². The number of benzene rings is 3. The molecule has 3 aromatic carbocycles. The lowest BCUT2D eigenvalue weighted by molar-refractivity contribution is -0.159. The van der Waals surface area contributed by atoms with E-state index in [1.165, 1.54) is 0 Å². The fourth-order valence-corrected chi connectivity index (χ4v) is 4.38. The summed E-state index contributed by atoms with van der Waals surface area (Å²) in [5, 5.41) is 9.67. The molecule has 0 unspecified atom stereocenters. The number of carboxylic acid groups (broad SMARTS) is 1. The van der Waals surface area contributed by atoms with Crippen molar-refractivity contribution >= 4 is 11.9 Å². The van der Waals surface area contributed by atoms with E-state index in [0.29, 0.717) is 0 Å². The Hall–Kier alpha value is -3.44. The van der Waals surface area contributed by atoms with Crippen LogP contribution in [0.1, 0.15) is 28.2 Å². The van der Waals surface area contributed by atoms with Crippen LogP contribution in [0.25, 0.3) is 11.1 Å². The van der Waals surface area contributed by atoms with Gasteiger partial charge >= 0.3 is 11.9 Å². The van der Waals surface area contributed by atoms with Gasteiger partial charge in [-0.1, -0.05) is 78.4 Å². The first-order chi connectivity index (χ1) is 15.0. The van der Waals surface area contributed by atoms with Crippen molar-refractivity contribution in [1.29, 1.82) is 0 Å². The molecule has 1 aliphatic rings. The Bertz CT molecular complexity index is 1080. The molecule has 4 rings (SSSR count). The standard InChI is InChI=1S/C26H25NO4/c1-16-7-6-8-17(13-16)14-23(27)24(25(28)29)26(30)31-15-22-20-11-4-2-9-18(20)19-10-3-5-12-21(19)22/h2-13,22-24H,14-15,27H2,1H3,(H,28,29)/t23-,24-/m1/s1. The Labute approximate surface area is 181 Å². The van der Waals surface area contributed by atoms with Crippen molar-refractivity contribution in [2.24, 2.45) is 11.7 Å². The molecule has 5 nitrogen and oxygen atoms in total. The summed E-state index contributed by atoms with van der Waals surface area (Å²) >= 11 is 0. The molecule has 1 aliphatic carbocycles. The van der Waals surface area contributed by atoms with Crippen molar-refractivity contribution in [3.63, 3.8) is 0 Å². The van der Waals surface area contributed by atoms with Gasteiger partial charge in [0.25, 0.3) is 0 Å². The molecule has 0 aliphatic heterocycles. The van der Waals surface area contributed by atoms with Gasteiger partial charge in [0.15, 0.2) is 5.92 Å². The van der Waals surface area contributed by atoms with Gasteiger partial charge in [-0.3, -0.25) is 9.59 Å². The number of carbonyl (C=O) groups is 2. The zero-order chi connectivity index (χ0) is 22.0. The minimum absolute atomic E-state index is 0.0772. The number of rotatable bonds is 7. The van der Waals surface area contributed by atoms with Gasteiger partial charge in [-0.15, -0.1) is 0 Å². The maximum Gasteiger partial charge on any atom is 0.321 e. The Morgan fingerprint density at radius 2 is 1.58 bits per heavy atom. The van der Waals surface area contributed by atoms with Crippen LogP contribution in [0.3, 0.4) is 0 Å². The molecule has 5 heteroatoms. The Kier molecular flexibility index (Phi) is 5.87. The second-order valence-electron chi connectivity index (χ2n) is 8.03. The lowest BCUT2D eigenvalue weighted by Gasteiger charge is -2.21. The van der Waals surface area contributed by atoms with E-state index in [1.54, 1.807) is 0 Å². The van der Waals surface area contributed by atoms with Crippen LogP contribution in [0, 0.1) is 12.8 Å². The normalized spacial score (nSPS) is 14.4. The number of ether oxygens (including phenoxy) is 1. The van der Waals surface area contributed by atoms with Gasteiger partial charge in [-0.05, 0) is 41.2 Å². The molecule has 0 saturated heterocycles. The zero-order valence-corrected chi connectivity index (χ0v) is 17.3. The quantitative estimate of drug-likeness (QED) is 0.451. The van der Waals surface area contributed by atoms with E-state index in [4.69, 9.17) is 10.5 Å². The number of aliphatic carboxylic acids is 1. The second-order valence-corrected chi connectivity index (χ2v) is 8.03. The third-order valence-electron chi connectivity index (χ3n) is 5.86. The molecule has 3 N–H and O–H groups in total. The molecule has 2 atom stereocenters. The summed E-state index contributed by atoms with van der Waals surface area (Å²) in [4.78, 5) is 24.6. The number of fused-ring (bicyclic) bond motifs is 3. The third kappa shape index (κ3) is 4.23. The molecular formula is C26H25NO4. The van der Waals surface area contributed by atoms with Crippen molar-refractivity contribution in [2.75, 3.05) is 6.61 Å². The maximum absolute atomic E-state index is 12.8. The first kappa shape index (κ1) is 20.8. The molecule has 0 heterocycles. The highest BCUT2D eigenvalue weighted by Crippen LogP contribution is 2.44. The fraction of sp³-hybridized carbons (Fsp3) is 0.231. The zero-order valence-electron chi connectivity index (χ0n) is 17.3. The summed E-state index contributed by atoms with van der Waals surface area (Å²) in [5.41, 5.74) is 12.5. The number of aryl methyl sites for hydroxylation is 1. The summed E-state index contributed by atoms with van der Waals surface area (Å²) in [6.07, 6.45) is 0.281. The first-order valence-corrected chi connectivity index (χ1v) is 10.3. The van der Waals surface area contributed by atoms with Crippen LogP contribution < -0.4 is 5.73 Å². The van der Waals surface area contributed by atoms with Gasteiger partial charge in [-0.2, -0.15) is 0 Å². The Morgan fingerprint density at radius 1 is 0.968 bits per heavy atom. The number of carboxylic acids is 1. The highest BCUT2D eigenvalue weighted by atomic mass is 16.5. The first-order valence-electron chi connectivity index (χ1n) is 10.3. The van der Waals surface area contributed by atoms with E-state index in [9.17, 15) is 14.7 Å². The summed E-state index contributed by atoms with van der Waals surface area (Å²) < 4.78 is 5.55. The SMILES string of the molecule is Cc1cccc(C[C@@H](N)[C@H](C(=O)O)C(=O)OCC2c3ccccc3-c3ccccc32)c1. The van der Waals surface area contributed by atoms with Crippen LogP contribution in [-0.4, -0.2) is 29.7 Å². The Balaban J connectivity index is 1.49. The van der Waals surface area contributed by atoms with E-state index < -0.39 is 23.9 Å². The van der Waals surface area contributed by atoms with Crippen molar-refractivity contribution in [3.8, 4) is 11.1 Å². The van der Waals surface area contributed by atoms with Crippen LogP contribution in [-0.2, 0) is 20.7 Å². The minimum atomic E-state index is -1.42. The molecule has 0 aromatic heterocycles. The monoisotopic (exact) mass is 415 g/mol. The molecule has 0 fully saturated rings. The van der Waals surface area contributed by atoms with Crippen LogP contribution in [0.4, 0.5) is 0 Å². The van der Waals surface area contributed by atoms with Gasteiger partial charge in [-0.25, -0.2) is 0 Å². The molecule has 31 heavy (non-hydrogen) atoms. The van der Waals surface area contributed by atoms with Crippen molar-refractivity contribution in [1.82, 2.24) is 0 Å². The largest absolute Gasteiger partial charge is 0.481 e. The van der Waals surface area contributed by atoms with Gasteiger partial charge in [0.1, 0.15) is 6.61 Å². The summed E-state index contributed by atoms with van der Waals surface area (Å²) in [7, 11) is 0. The summed E-state index contributed by atoms with van der Waals surface area (Å²) in [6, 6.07) is 22.8. The predicted molar refractivity (Wildman–Crippen MR) is 119 cm³/mol. The predicted octanol–water partition coefficient (Wildman–Crippen LogP) is 3.92. The summed E-state index contributed by atoms with van der Waals surface area (Å²) in [5.74, 6) is -3.61. The molecule has 0 bridgehead atoms. The molecule has 3 aromatic rings. The van der Waals surface area contributed by atoms with E-state index in [0.717, 1.165) is 33.4 Å². The third-order valence-corrected chi connectivity index (χ3v) is 5.86. The smallest absolute Gasteiger partial charge is 0.321 e. The highest BCUT2D eigenvalue weighted by Gasteiger charge is 2.36. The second kappa shape index (κ2) is 8.74. The van der Waals surface area contributed by atoms with E-state index in [2.05, 4.69) is 0 Å². The van der Waals surface area contributed by atoms with Crippen LogP contribution in [0.5, 0.6) is 0 Å². The number of nitrogens with two attached hydrogens (primary N) is 1. The van der Waals surface area contributed by atoms with Crippen LogP contribution in [0.15, 0.2) is 72.8 Å². The van der Waals surface area contributed by atoms with Gasteiger partial charge in [0.2, 0.25) is 0 Å². The molecule has 0 spiro atoms. The minimum Gasteiger partial charge on any atom is -0.481 e. The fourth-order valence-electron chi connectivity index (χ4n) is 4.38. The van der Waals surface area contributed by atoms with E-state index in [-0.39, 0.29) is 18.9 Å². The lowest BCUT2D eigenvalue weighted by Crippen LogP contribution is -2.43. The van der Waals surface area contributed by atoms with Crippen LogP contribution in [0.2, 0.25) is 0 Å². The number of esters is 1. The highest BCUT2D eigenvalue weighted by molar-refractivity contribution is 5.95. The van der Waals surface area contributed by atoms with Crippen LogP contribution >= 0.6 is 0 Å². The van der Waals surface area contributed by atoms with Gasteiger partial charge in [0, 0.05) is 12.0 Å². The number of hydrogen-bond donors (Lipinski definition) is 2. The number of carbonyl (C=O) groups excluding carboxylic acids is 1. The van der Waals surface area contributed by atoms with Crippen molar-refractivity contribution in [3.05, 3.63) is 95.1 Å². The molecule has 0 saturated carbocycles. The molecule has 0 amide bonds. The van der Waals surface area contributed by atoms with Crippen molar-refractivity contribution < 1.29 is 19.4 Å². The van der Waals surface area contributed by atoms with Crippen molar-refractivity contribution in [2.45, 2.75) is 25.3 Å². The van der Waals surface area contributed by atoms with E-state index in [1.807, 2.05) is 79.7 Å². The lowest BCUT2D eigenvalue weighted by atomic mass is 9.93. The Morgan fingerprint density at radius 3 is 2.16 bits per heavy atom. The van der Waals surface area contributed by atoms with Gasteiger partial charge in [0.05, 0.1) is 0 Å². The maximum atomic E-state index is 12.8. The van der Waals surface area contributed by atoms with E-state index >= 15 is 0 Å². The number of hydrogen-bond acceptors (Lipinski definition) is 4. The molecular weight excluding hydrogens is 390 g/mol.